The second kappa shape index (κ2) is 8.04. The van der Waals surface area contributed by atoms with Gasteiger partial charge in [0.05, 0.1) is 20.8 Å². The van der Waals surface area contributed by atoms with E-state index in [9.17, 15) is 14.4 Å². The number of amides is 4. The van der Waals surface area contributed by atoms with E-state index in [2.05, 4.69) is 10.6 Å². The lowest BCUT2D eigenvalue weighted by Crippen LogP contribution is -2.42. The van der Waals surface area contributed by atoms with Crippen molar-refractivity contribution in [3.8, 4) is 0 Å². The zero-order chi connectivity index (χ0) is 22.3. The Morgan fingerprint density at radius 2 is 1.68 bits per heavy atom. The van der Waals surface area contributed by atoms with Crippen molar-refractivity contribution in [2.75, 3.05) is 11.9 Å². The van der Waals surface area contributed by atoms with E-state index in [-0.39, 0.29) is 20.8 Å². The molecule has 1 heterocycles. The van der Waals surface area contributed by atoms with E-state index in [1.54, 1.807) is 13.0 Å². The number of anilines is 1. The third-order valence-corrected chi connectivity index (χ3v) is 6.22. The highest BCUT2D eigenvalue weighted by Crippen LogP contribution is 2.34. The molecule has 4 amide bonds. The van der Waals surface area contributed by atoms with Gasteiger partial charge < -0.3 is 10.6 Å². The Labute approximate surface area is 193 Å². The molecule has 4 rings (SSSR count). The number of rotatable bonds is 4. The van der Waals surface area contributed by atoms with Gasteiger partial charge in [-0.15, -0.1) is 0 Å². The van der Waals surface area contributed by atoms with Crippen LogP contribution in [-0.2, 0) is 15.1 Å². The van der Waals surface area contributed by atoms with Crippen molar-refractivity contribution in [3.63, 3.8) is 0 Å². The van der Waals surface area contributed by atoms with E-state index in [0.717, 1.165) is 15.7 Å². The Kier molecular flexibility index (Phi) is 5.56. The number of carbonyl (C=O) groups is 3. The van der Waals surface area contributed by atoms with Gasteiger partial charge >= 0.3 is 6.03 Å². The summed E-state index contributed by atoms with van der Waals surface area (Å²) >= 11 is 17.9. The molecule has 1 aliphatic heterocycles. The predicted octanol–water partition coefficient (Wildman–Crippen LogP) is 5.21. The maximum Gasteiger partial charge on any atom is 0.325 e. The van der Waals surface area contributed by atoms with Crippen LogP contribution in [0.2, 0.25) is 15.1 Å². The average molecular weight is 477 g/mol. The van der Waals surface area contributed by atoms with Crippen LogP contribution in [0, 0.1) is 0 Å². The fraction of sp³-hybridized carbons (Fsp3) is 0.136. The van der Waals surface area contributed by atoms with Crippen molar-refractivity contribution in [1.29, 1.82) is 0 Å². The molecule has 158 valence electrons. The molecule has 3 aromatic carbocycles. The van der Waals surface area contributed by atoms with Gasteiger partial charge in [0.1, 0.15) is 12.1 Å². The Morgan fingerprint density at radius 1 is 1.00 bits per heavy atom. The Balaban J connectivity index is 1.58. The third-order valence-electron chi connectivity index (χ3n) is 5.19. The van der Waals surface area contributed by atoms with E-state index in [1.165, 1.54) is 12.1 Å². The van der Waals surface area contributed by atoms with Crippen molar-refractivity contribution in [3.05, 3.63) is 75.2 Å². The number of hydrogen-bond donors (Lipinski definition) is 2. The molecule has 2 N–H and O–H groups in total. The van der Waals surface area contributed by atoms with E-state index in [1.807, 2.05) is 36.4 Å². The van der Waals surface area contributed by atoms with Crippen LogP contribution in [0.5, 0.6) is 0 Å². The number of halogens is 3. The third kappa shape index (κ3) is 3.82. The largest absolute Gasteiger partial charge is 0.325 e. The maximum absolute atomic E-state index is 13.2. The molecule has 0 aromatic heterocycles. The quantitative estimate of drug-likeness (QED) is 0.401. The first-order valence-electron chi connectivity index (χ1n) is 9.27. The molecule has 0 spiro atoms. The van der Waals surface area contributed by atoms with Crippen LogP contribution < -0.4 is 10.6 Å². The van der Waals surface area contributed by atoms with Crippen LogP contribution in [0.4, 0.5) is 10.5 Å². The van der Waals surface area contributed by atoms with Crippen molar-refractivity contribution < 1.29 is 14.4 Å². The number of nitrogens with one attached hydrogen (secondary N) is 2. The number of urea groups is 1. The lowest BCUT2D eigenvalue weighted by Gasteiger charge is -2.24. The number of imide groups is 1. The lowest BCUT2D eigenvalue weighted by atomic mass is 9.88. The standard InChI is InChI=1S/C22H16Cl3N3O3/c1-22(14-8-4-6-12-5-2-3-7-13(12)14)20(30)28(21(31)27-22)11-19(29)26-18-10-16(24)15(23)9-17(18)25/h2-10H,11H2,1H3,(H,26,29)(H,27,31). The fourth-order valence-electron chi connectivity index (χ4n) is 3.64. The van der Waals surface area contributed by atoms with Crippen molar-refractivity contribution in [1.82, 2.24) is 10.2 Å². The topological polar surface area (TPSA) is 78.5 Å². The SMILES string of the molecule is CC1(c2cccc3ccccc23)NC(=O)N(CC(=O)Nc2cc(Cl)c(Cl)cc2Cl)C1=O. The number of benzene rings is 3. The van der Waals surface area contributed by atoms with Crippen LogP contribution in [0.25, 0.3) is 10.8 Å². The Bertz CT molecular complexity index is 1240. The molecular weight excluding hydrogens is 461 g/mol. The molecule has 1 aliphatic rings. The predicted molar refractivity (Wildman–Crippen MR) is 122 cm³/mol. The van der Waals surface area contributed by atoms with E-state index < -0.39 is 29.9 Å². The highest BCUT2D eigenvalue weighted by atomic mass is 35.5. The van der Waals surface area contributed by atoms with Crippen LogP contribution >= 0.6 is 34.8 Å². The molecule has 1 unspecified atom stereocenters. The van der Waals surface area contributed by atoms with Gasteiger partial charge in [0.15, 0.2) is 0 Å². The van der Waals surface area contributed by atoms with Crippen molar-refractivity contribution in [2.24, 2.45) is 0 Å². The minimum Gasteiger partial charge on any atom is -0.323 e. The smallest absolute Gasteiger partial charge is 0.323 e. The summed E-state index contributed by atoms with van der Waals surface area (Å²) in [6.07, 6.45) is 0. The molecule has 0 bridgehead atoms. The van der Waals surface area contributed by atoms with Gasteiger partial charge in [0, 0.05) is 0 Å². The van der Waals surface area contributed by atoms with Crippen molar-refractivity contribution in [2.45, 2.75) is 12.5 Å². The van der Waals surface area contributed by atoms with Crippen LogP contribution in [0.3, 0.4) is 0 Å². The van der Waals surface area contributed by atoms with Crippen LogP contribution in [0.15, 0.2) is 54.6 Å². The number of carbonyl (C=O) groups excluding carboxylic acids is 3. The minimum absolute atomic E-state index is 0.181. The molecule has 0 radical (unpaired) electrons. The summed E-state index contributed by atoms with van der Waals surface area (Å²) in [5.74, 6) is -1.13. The summed E-state index contributed by atoms with van der Waals surface area (Å²) in [4.78, 5) is 39.3. The number of hydrogen-bond acceptors (Lipinski definition) is 3. The van der Waals surface area contributed by atoms with Gasteiger partial charge in [0.25, 0.3) is 5.91 Å². The second-order valence-electron chi connectivity index (χ2n) is 7.27. The summed E-state index contributed by atoms with van der Waals surface area (Å²) in [6, 6.07) is 15.3. The summed E-state index contributed by atoms with van der Waals surface area (Å²) in [5.41, 5.74) is -0.427. The second-order valence-corrected chi connectivity index (χ2v) is 8.49. The van der Waals surface area contributed by atoms with Gasteiger partial charge in [-0.3, -0.25) is 14.5 Å². The van der Waals surface area contributed by atoms with Gasteiger partial charge in [0.2, 0.25) is 5.91 Å². The van der Waals surface area contributed by atoms with Gasteiger partial charge in [-0.2, -0.15) is 0 Å². The average Bonchev–Trinajstić information content (AvgIpc) is 2.95. The van der Waals surface area contributed by atoms with E-state index in [0.29, 0.717) is 5.56 Å². The number of fused-ring (bicyclic) bond motifs is 1. The van der Waals surface area contributed by atoms with Gasteiger partial charge in [-0.25, -0.2) is 4.79 Å². The Morgan fingerprint density at radius 3 is 2.45 bits per heavy atom. The van der Waals surface area contributed by atoms with Crippen LogP contribution in [0.1, 0.15) is 12.5 Å². The molecule has 1 atom stereocenters. The van der Waals surface area contributed by atoms with Gasteiger partial charge in [-0.05, 0) is 35.4 Å². The maximum atomic E-state index is 13.2. The Hall–Kier alpha value is -2.80. The van der Waals surface area contributed by atoms with Gasteiger partial charge in [-0.1, -0.05) is 77.3 Å². The number of nitrogens with zero attached hydrogens (tertiary/aromatic N) is 1. The van der Waals surface area contributed by atoms with E-state index >= 15 is 0 Å². The molecule has 6 nitrogen and oxygen atoms in total. The highest BCUT2D eigenvalue weighted by Gasteiger charge is 2.50. The first-order chi connectivity index (χ1) is 14.7. The van der Waals surface area contributed by atoms with Crippen molar-refractivity contribution >= 4 is 69.1 Å². The zero-order valence-corrected chi connectivity index (χ0v) is 18.5. The first-order valence-corrected chi connectivity index (χ1v) is 10.4. The molecular formula is C22H16Cl3N3O3. The van der Waals surface area contributed by atoms with Crippen LogP contribution in [-0.4, -0.2) is 29.3 Å². The summed E-state index contributed by atoms with van der Waals surface area (Å²) < 4.78 is 0. The summed E-state index contributed by atoms with van der Waals surface area (Å²) in [5, 5.41) is 7.69. The zero-order valence-electron chi connectivity index (χ0n) is 16.2. The molecule has 0 aliphatic carbocycles. The highest BCUT2D eigenvalue weighted by molar-refractivity contribution is 6.44. The molecule has 1 fully saturated rings. The summed E-state index contributed by atoms with van der Waals surface area (Å²) in [6.45, 7) is 1.14. The molecule has 0 saturated carbocycles. The molecule has 1 saturated heterocycles. The first kappa shape index (κ1) is 21.4. The minimum atomic E-state index is -1.31. The monoisotopic (exact) mass is 475 g/mol. The molecule has 3 aromatic rings. The fourth-order valence-corrected chi connectivity index (χ4v) is 4.23. The molecule has 31 heavy (non-hydrogen) atoms. The normalized spacial score (nSPS) is 18.4. The summed E-state index contributed by atoms with van der Waals surface area (Å²) in [7, 11) is 0. The van der Waals surface area contributed by atoms with E-state index in [4.69, 9.17) is 34.8 Å². The molecule has 9 heteroatoms. The lowest BCUT2D eigenvalue weighted by molar-refractivity contribution is -0.133.